The normalized spacial score (nSPS) is 21.2. The van der Waals surface area contributed by atoms with Crippen molar-refractivity contribution in [1.29, 1.82) is 0 Å². The highest BCUT2D eigenvalue weighted by Gasteiger charge is 2.54. The molecule has 1 aliphatic carbocycles. The Labute approximate surface area is 273 Å². The Balaban J connectivity index is 0.00000461. The van der Waals surface area contributed by atoms with E-state index in [4.69, 9.17) is 4.74 Å². The van der Waals surface area contributed by atoms with E-state index in [-0.39, 0.29) is 30.1 Å². The summed E-state index contributed by atoms with van der Waals surface area (Å²) in [6.07, 6.45) is 7.74. The zero-order chi connectivity index (χ0) is 31.3. The fraction of sp³-hybridized carbons (Fsp3) is 0.571. The van der Waals surface area contributed by atoms with Gasteiger partial charge in [0.15, 0.2) is 0 Å². The summed E-state index contributed by atoms with van der Waals surface area (Å²) < 4.78 is 6.08. The number of rotatable bonds is 10. The van der Waals surface area contributed by atoms with E-state index in [2.05, 4.69) is 34.6 Å². The molecule has 0 bridgehead atoms. The van der Waals surface area contributed by atoms with Crippen LogP contribution in [0.4, 0.5) is 0 Å². The predicted octanol–water partition coefficient (Wildman–Crippen LogP) is 5.12. The van der Waals surface area contributed by atoms with Crippen molar-refractivity contribution in [3.05, 3.63) is 59.2 Å². The van der Waals surface area contributed by atoms with Crippen LogP contribution in [0, 0.1) is 6.92 Å². The number of amides is 3. The van der Waals surface area contributed by atoms with Gasteiger partial charge in [0.2, 0.25) is 11.8 Å². The quantitative estimate of drug-likeness (QED) is 0.333. The Bertz CT molecular complexity index is 1340. The van der Waals surface area contributed by atoms with Gasteiger partial charge >= 0.3 is 0 Å². The molecule has 2 saturated heterocycles. The molecule has 0 radical (unpaired) electrons. The molecule has 2 aliphatic heterocycles. The number of likely N-dealkylation sites (tertiary alicyclic amines) is 1. The van der Waals surface area contributed by atoms with Gasteiger partial charge in [0.05, 0.1) is 5.60 Å². The second-order valence-corrected chi connectivity index (χ2v) is 13.0. The number of ether oxygens (including phenoxy) is 1. The number of nitrogens with one attached hydrogen (secondary N) is 2. The van der Waals surface area contributed by atoms with Crippen molar-refractivity contribution in [3.8, 4) is 11.5 Å². The molecule has 1 saturated carbocycles. The molecule has 2 aromatic carbocycles. The molecule has 45 heavy (non-hydrogen) atoms. The first kappa shape index (κ1) is 34.7. The first-order valence-electron chi connectivity index (χ1n) is 16.3. The highest BCUT2D eigenvalue weighted by molar-refractivity contribution is 6.00. The molecule has 3 fully saturated rings. The maximum atomic E-state index is 13.8. The lowest BCUT2D eigenvalue weighted by Gasteiger charge is -2.52. The van der Waals surface area contributed by atoms with Crippen LogP contribution in [-0.2, 0) is 16.1 Å². The van der Waals surface area contributed by atoms with Gasteiger partial charge in [0.1, 0.15) is 23.1 Å². The lowest BCUT2D eigenvalue weighted by molar-refractivity contribution is -0.163. The number of carbonyl (C=O) groups excluding carboxylic acids is 3. The van der Waals surface area contributed by atoms with Crippen LogP contribution in [0.2, 0.25) is 0 Å². The summed E-state index contributed by atoms with van der Waals surface area (Å²) in [6, 6.07) is 12.7. The first-order valence-corrected chi connectivity index (χ1v) is 16.3. The summed E-state index contributed by atoms with van der Waals surface area (Å²) in [7, 11) is 1.61. The van der Waals surface area contributed by atoms with E-state index in [0.29, 0.717) is 63.1 Å². The summed E-state index contributed by atoms with van der Waals surface area (Å²) in [5, 5.41) is 16.9. The number of aryl methyl sites for hydroxylation is 1. The van der Waals surface area contributed by atoms with Crippen LogP contribution < -0.4 is 15.4 Å². The molecule has 3 N–H and O–H groups in total. The number of nitrogens with zero attached hydrogens (tertiary/aromatic N) is 2. The highest BCUT2D eigenvalue weighted by Crippen LogP contribution is 2.38. The van der Waals surface area contributed by atoms with Crippen LogP contribution in [0.3, 0.4) is 0 Å². The molecule has 9 nitrogen and oxygen atoms in total. The van der Waals surface area contributed by atoms with Gasteiger partial charge in [0, 0.05) is 45.2 Å². The number of unbranched alkanes of at least 4 members (excludes halogenated alkanes) is 1. The SMILES string of the molecule is CCCCN1C(=O)[C@@H](CC2(O)CCCCC2)NC(=O)C12CCN(Cc1ccc(Oc3ccc(C(=O)NC)cc3C)cc1)CC2.Cl. The van der Waals surface area contributed by atoms with Crippen molar-refractivity contribution >= 4 is 30.1 Å². The maximum Gasteiger partial charge on any atom is 0.251 e. The van der Waals surface area contributed by atoms with Crippen molar-refractivity contribution in [2.24, 2.45) is 0 Å². The van der Waals surface area contributed by atoms with E-state index < -0.39 is 17.2 Å². The van der Waals surface area contributed by atoms with Crippen molar-refractivity contribution < 1.29 is 24.2 Å². The van der Waals surface area contributed by atoms with Crippen LogP contribution in [0.15, 0.2) is 42.5 Å². The topological polar surface area (TPSA) is 111 Å². The van der Waals surface area contributed by atoms with Crippen LogP contribution in [0.5, 0.6) is 11.5 Å². The third kappa shape index (κ3) is 7.81. The number of carbonyl (C=O) groups is 3. The van der Waals surface area contributed by atoms with Gasteiger partial charge < -0.3 is 25.4 Å². The van der Waals surface area contributed by atoms with Crippen molar-refractivity contribution in [2.45, 2.75) is 102 Å². The molecule has 1 spiro atoms. The largest absolute Gasteiger partial charge is 0.457 e. The monoisotopic (exact) mass is 640 g/mol. The predicted molar refractivity (Wildman–Crippen MR) is 177 cm³/mol. The average molecular weight is 641 g/mol. The average Bonchev–Trinajstić information content (AvgIpc) is 3.02. The van der Waals surface area contributed by atoms with Gasteiger partial charge in [0.25, 0.3) is 5.91 Å². The molecule has 3 aliphatic rings. The van der Waals surface area contributed by atoms with E-state index in [1.807, 2.05) is 36.1 Å². The Morgan fingerprint density at radius 2 is 1.73 bits per heavy atom. The molecule has 0 aromatic heterocycles. The Hall–Kier alpha value is -3.14. The van der Waals surface area contributed by atoms with Gasteiger partial charge in [-0.15, -0.1) is 12.4 Å². The fourth-order valence-electron chi connectivity index (χ4n) is 7.12. The van der Waals surface area contributed by atoms with Gasteiger partial charge in [-0.2, -0.15) is 0 Å². The van der Waals surface area contributed by atoms with Crippen molar-refractivity contribution in [2.75, 3.05) is 26.7 Å². The Kier molecular flexibility index (Phi) is 11.6. The van der Waals surface area contributed by atoms with E-state index in [1.165, 1.54) is 0 Å². The number of benzene rings is 2. The van der Waals surface area contributed by atoms with Gasteiger partial charge in [-0.3, -0.25) is 19.3 Å². The summed E-state index contributed by atoms with van der Waals surface area (Å²) in [5.41, 5.74) is 0.932. The highest BCUT2D eigenvalue weighted by atomic mass is 35.5. The number of piperazine rings is 1. The number of aliphatic hydroxyl groups is 1. The Morgan fingerprint density at radius 1 is 1.04 bits per heavy atom. The maximum absolute atomic E-state index is 13.8. The van der Waals surface area contributed by atoms with E-state index in [1.54, 1.807) is 13.1 Å². The summed E-state index contributed by atoms with van der Waals surface area (Å²) in [4.78, 5) is 43.7. The molecule has 1 atom stereocenters. The van der Waals surface area contributed by atoms with Crippen molar-refractivity contribution in [3.63, 3.8) is 0 Å². The standard InChI is InChI=1S/C35H48N4O5.ClH/c1-4-5-19-39-32(41)29(23-34(43)15-7-6-8-16-34)37-33(42)35(39)17-20-38(21-18-35)24-26-9-12-28(13-10-26)44-30-14-11-27(22-25(30)2)31(40)36-3;/h9-14,22,29,43H,4-8,15-21,23-24H2,1-3H3,(H,36,40)(H,37,42);1H/t29-;/m1./s1. The number of piperidine rings is 1. The van der Waals surface area contributed by atoms with Crippen LogP contribution >= 0.6 is 12.4 Å². The van der Waals surface area contributed by atoms with E-state index >= 15 is 0 Å². The number of hydrogen-bond donors (Lipinski definition) is 3. The molecule has 246 valence electrons. The van der Waals surface area contributed by atoms with Crippen molar-refractivity contribution in [1.82, 2.24) is 20.4 Å². The second-order valence-electron chi connectivity index (χ2n) is 13.0. The smallest absolute Gasteiger partial charge is 0.251 e. The number of halogens is 1. The van der Waals surface area contributed by atoms with E-state index in [9.17, 15) is 19.5 Å². The van der Waals surface area contributed by atoms with Crippen LogP contribution in [0.25, 0.3) is 0 Å². The Morgan fingerprint density at radius 3 is 2.36 bits per heavy atom. The second kappa shape index (κ2) is 15.0. The lowest BCUT2D eigenvalue weighted by atomic mass is 9.77. The molecular weight excluding hydrogens is 592 g/mol. The molecule has 10 heteroatoms. The van der Waals surface area contributed by atoms with Gasteiger partial charge in [-0.05, 0) is 80.5 Å². The third-order valence-electron chi connectivity index (χ3n) is 9.82. The molecule has 5 rings (SSSR count). The van der Waals surface area contributed by atoms with Crippen LogP contribution in [0.1, 0.15) is 92.6 Å². The number of hydrogen-bond acceptors (Lipinski definition) is 6. The minimum atomic E-state index is -0.868. The fourth-order valence-corrected chi connectivity index (χ4v) is 7.12. The molecular formula is C35H49ClN4O5. The molecule has 3 amide bonds. The summed E-state index contributed by atoms with van der Waals surface area (Å²) in [6.45, 7) is 6.78. The summed E-state index contributed by atoms with van der Waals surface area (Å²) in [5.74, 6) is 1.21. The molecule has 2 heterocycles. The zero-order valence-electron chi connectivity index (χ0n) is 26.9. The molecule has 0 unspecified atom stereocenters. The summed E-state index contributed by atoms with van der Waals surface area (Å²) >= 11 is 0. The minimum absolute atomic E-state index is 0. The van der Waals surface area contributed by atoms with E-state index in [0.717, 1.165) is 55.5 Å². The van der Waals surface area contributed by atoms with Crippen LogP contribution in [-0.4, -0.2) is 76.5 Å². The minimum Gasteiger partial charge on any atom is -0.457 e. The van der Waals surface area contributed by atoms with Gasteiger partial charge in [-0.25, -0.2) is 0 Å². The zero-order valence-corrected chi connectivity index (χ0v) is 27.7. The molecule has 2 aromatic rings. The van der Waals surface area contributed by atoms with Gasteiger partial charge in [-0.1, -0.05) is 44.7 Å². The lowest BCUT2D eigenvalue weighted by Crippen LogP contribution is -2.73. The first-order chi connectivity index (χ1) is 21.2. The third-order valence-corrected chi connectivity index (χ3v) is 9.82.